The second-order valence-corrected chi connectivity index (χ2v) is 10.1. The van der Waals surface area contributed by atoms with Gasteiger partial charge in [-0.05, 0) is 87.6 Å². The molecule has 5 heteroatoms. The number of esters is 1. The van der Waals surface area contributed by atoms with Crippen LogP contribution in [0.15, 0.2) is 59.5 Å². The van der Waals surface area contributed by atoms with Crippen LogP contribution in [0.25, 0.3) is 22.1 Å². The van der Waals surface area contributed by atoms with Gasteiger partial charge in [-0.15, -0.1) is 0 Å². The third-order valence-corrected chi connectivity index (χ3v) is 6.05. The lowest BCUT2D eigenvalue weighted by molar-refractivity contribution is -0.154. The molecule has 0 unspecified atom stereocenters. The van der Waals surface area contributed by atoms with Gasteiger partial charge in [-0.3, -0.25) is 0 Å². The molecule has 0 saturated carbocycles. The van der Waals surface area contributed by atoms with Gasteiger partial charge in [0.05, 0.1) is 0 Å². The van der Waals surface area contributed by atoms with E-state index in [1.807, 2.05) is 45.9 Å². The minimum absolute atomic E-state index is 0.449. The molecule has 3 aromatic rings. The predicted octanol–water partition coefficient (Wildman–Crippen LogP) is 8.01. The van der Waals surface area contributed by atoms with Crippen LogP contribution < -0.4 is 4.74 Å². The number of benzene rings is 2. The summed E-state index contributed by atoms with van der Waals surface area (Å²) in [6, 6.07) is 14.4. The first kappa shape index (κ1) is 25.7. The molecule has 0 aliphatic carbocycles. The lowest BCUT2D eigenvalue weighted by atomic mass is 9.92. The molecule has 0 bridgehead atoms. The highest BCUT2D eigenvalue weighted by atomic mass is 32.1. The standard InChI is InChI=1S/C29H34O4S/c1-8-19-11-14-23(20(9-2)15-19)24-16-21-12-13-22(17-25(21)31-27(24)34)32-28(4,5)18-29(6,7)33-26(30)10-3/h10-17H,3,8-9,18H2,1-2,4-7H3. The maximum atomic E-state index is 11.6. The third kappa shape index (κ3) is 6.15. The number of fused-ring (bicyclic) bond motifs is 1. The minimum atomic E-state index is -0.705. The van der Waals surface area contributed by atoms with Gasteiger partial charge in [0.25, 0.3) is 0 Å². The highest BCUT2D eigenvalue weighted by Crippen LogP contribution is 2.34. The minimum Gasteiger partial charge on any atom is -0.488 e. The van der Waals surface area contributed by atoms with Crippen molar-refractivity contribution in [2.75, 3.05) is 0 Å². The SMILES string of the molecule is C=CC(=O)OC(C)(C)CC(C)(C)Oc1ccc2cc(-c3ccc(CC)cc3CC)c(=S)oc2c1. The van der Waals surface area contributed by atoms with E-state index in [-0.39, 0.29) is 0 Å². The summed E-state index contributed by atoms with van der Waals surface area (Å²) in [5.74, 6) is 0.213. The van der Waals surface area contributed by atoms with Crippen LogP contribution in [0.5, 0.6) is 5.75 Å². The Morgan fingerprint density at radius 1 is 1.00 bits per heavy atom. The van der Waals surface area contributed by atoms with Crippen LogP contribution in [0.1, 0.15) is 59.1 Å². The lowest BCUT2D eigenvalue weighted by Crippen LogP contribution is -2.40. The molecule has 2 aromatic carbocycles. The monoisotopic (exact) mass is 478 g/mol. The Labute approximate surface area is 207 Å². The molecular weight excluding hydrogens is 444 g/mol. The maximum Gasteiger partial charge on any atom is 0.330 e. The molecule has 180 valence electrons. The van der Waals surface area contributed by atoms with Crippen molar-refractivity contribution < 1.29 is 18.7 Å². The summed E-state index contributed by atoms with van der Waals surface area (Å²) in [6.07, 6.45) is 3.59. The van der Waals surface area contributed by atoms with Crippen molar-refractivity contribution in [2.24, 2.45) is 0 Å². The maximum absolute atomic E-state index is 11.6. The van der Waals surface area contributed by atoms with Gasteiger partial charge in [-0.1, -0.05) is 38.6 Å². The molecule has 0 amide bonds. The van der Waals surface area contributed by atoms with E-state index in [0.717, 1.165) is 29.4 Å². The van der Waals surface area contributed by atoms with Crippen molar-refractivity contribution in [1.82, 2.24) is 0 Å². The van der Waals surface area contributed by atoms with Crippen molar-refractivity contribution in [3.05, 3.63) is 71.0 Å². The molecule has 34 heavy (non-hydrogen) atoms. The molecule has 1 aromatic heterocycles. The molecule has 0 atom stereocenters. The summed E-state index contributed by atoms with van der Waals surface area (Å²) in [6.45, 7) is 15.4. The summed E-state index contributed by atoms with van der Waals surface area (Å²) < 4.78 is 18.3. The summed E-state index contributed by atoms with van der Waals surface area (Å²) in [7, 11) is 0. The Bertz CT molecular complexity index is 1270. The Morgan fingerprint density at radius 3 is 2.38 bits per heavy atom. The van der Waals surface area contributed by atoms with Crippen LogP contribution in [0.3, 0.4) is 0 Å². The van der Waals surface area contributed by atoms with Crippen LogP contribution in [-0.4, -0.2) is 17.2 Å². The smallest absolute Gasteiger partial charge is 0.330 e. The zero-order valence-corrected chi connectivity index (χ0v) is 21.8. The van der Waals surface area contributed by atoms with Crippen molar-refractivity contribution in [2.45, 2.75) is 72.0 Å². The van der Waals surface area contributed by atoms with Crippen molar-refractivity contribution in [3.63, 3.8) is 0 Å². The van der Waals surface area contributed by atoms with Crippen LogP contribution >= 0.6 is 12.2 Å². The number of hydrogen-bond acceptors (Lipinski definition) is 5. The predicted molar refractivity (Wildman–Crippen MR) is 141 cm³/mol. The van der Waals surface area contributed by atoms with Crippen molar-refractivity contribution in [1.29, 1.82) is 0 Å². The number of hydrogen-bond donors (Lipinski definition) is 0. The molecule has 0 spiro atoms. The molecule has 0 N–H and O–H groups in total. The van der Waals surface area contributed by atoms with Gasteiger partial charge in [0, 0.05) is 29.5 Å². The van der Waals surface area contributed by atoms with E-state index in [2.05, 4.69) is 44.7 Å². The molecule has 0 radical (unpaired) electrons. The van der Waals surface area contributed by atoms with Crippen LogP contribution in [0.2, 0.25) is 0 Å². The van der Waals surface area contributed by atoms with Crippen LogP contribution in [0, 0.1) is 4.71 Å². The average molecular weight is 479 g/mol. The number of rotatable bonds is 9. The first-order valence-electron chi connectivity index (χ1n) is 11.7. The van der Waals surface area contributed by atoms with E-state index in [1.54, 1.807) is 0 Å². The molecule has 0 aliphatic heterocycles. The van der Waals surface area contributed by atoms with Crippen LogP contribution in [-0.2, 0) is 22.4 Å². The molecule has 3 rings (SSSR count). The Morgan fingerprint density at radius 2 is 1.74 bits per heavy atom. The summed E-state index contributed by atoms with van der Waals surface area (Å²) in [5, 5.41) is 0.954. The Hall–Kier alpha value is -2.92. The fourth-order valence-electron chi connectivity index (χ4n) is 4.50. The van der Waals surface area contributed by atoms with Gasteiger partial charge >= 0.3 is 5.97 Å². The quantitative estimate of drug-likeness (QED) is 0.177. The average Bonchev–Trinajstić information content (AvgIpc) is 2.76. The van der Waals surface area contributed by atoms with Gasteiger partial charge < -0.3 is 13.9 Å². The first-order chi connectivity index (χ1) is 16.0. The number of carbonyl (C=O) groups is 1. The zero-order valence-electron chi connectivity index (χ0n) is 21.0. The summed E-state index contributed by atoms with van der Waals surface area (Å²) >= 11 is 5.64. The normalized spacial score (nSPS) is 11.9. The molecule has 4 nitrogen and oxygen atoms in total. The largest absolute Gasteiger partial charge is 0.488 e. The summed E-state index contributed by atoms with van der Waals surface area (Å²) in [4.78, 5) is 11.6. The fraction of sp³-hybridized carbons (Fsp3) is 0.379. The topological polar surface area (TPSA) is 48.7 Å². The number of ether oxygens (including phenoxy) is 2. The number of aryl methyl sites for hydroxylation is 2. The molecular formula is C29H34O4S. The van der Waals surface area contributed by atoms with Crippen LogP contribution in [0.4, 0.5) is 0 Å². The lowest BCUT2D eigenvalue weighted by Gasteiger charge is -2.34. The van der Waals surface area contributed by atoms with E-state index < -0.39 is 17.2 Å². The van der Waals surface area contributed by atoms with E-state index in [9.17, 15) is 4.79 Å². The molecule has 0 aliphatic rings. The summed E-state index contributed by atoms with van der Waals surface area (Å²) in [5.41, 5.74) is 4.00. The first-order valence-corrected chi connectivity index (χ1v) is 12.1. The zero-order chi connectivity index (χ0) is 25.1. The highest BCUT2D eigenvalue weighted by molar-refractivity contribution is 7.71. The van der Waals surface area contributed by atoms with Gasteiger partial charge in [0.15, 0.2) is 4.71 Å². The Balaban J connectivity index is 1.89. The van der Waals surface area contributed by atoms with E-state index in [0.29, 0.717) is 22.5 Å². The van der Waals surface area contributed by atoms with E-state index in [1.165, 1.54) is 17.2 Å². The Kier molecular flexibility index (Phi) is 7.67. The highest BCUT2D eigenvalue weighted by Gasteiger charge is 2.33. The second-order valence-electron chi connectivity index (χ2n) is 9.77. The second kappa shape index (κ2) is 10.1. The number of carbonyl (C=O) groups excluding carboxylic acids is 1. The molecule has 0 fully saturated rings. The van der Waals surface area contributed by atoms with Gasteiger partial charge in [-0.25, -0.2) is 4.79 Å². The molecule has 0 saturated heterocycles. The molecule has 1 heterocycles. The van der Waals surface area contributed by atoms with E-state index in [4.69, 9.17) is 26.1 Å². The van der Waals surface area contributed by atoms with Gasteiger partial charge in [-0.2, -0.15) is 0 Å². The van der Waals surface area contributed by atoms with Crippen molar-refractivity contribution in [3.8, 4) is 16.9 Å². The van der Waals surface area contributed by atoms with Crippen molar-refractivity contribution >= 4 is 29.2 Å². The van der Waals surface area contributed by atoms with Gasteiger partial charge in [0.2, 0.25) is 0 Å². The third-order valence-electron chi connectivity index (χ3n) is 5.75. The fourth-order valence-corrected chi connectivity index (χ4v) is 4.75. The van der Waals surface area contributed by atoms with E-state index >= 15 is 0 Å². The van der Waals surface area contributed by atoms with Gasteiger partial charge in [0.1, 0.15) is 22.5 Å².